The maximum atomic E-state index is 10.8. The van der Waals surface area contributed by atoms with Crippen molar-refractivity contribution in [2.24, 2.45) is 0 Å². The van der Waals surface area contributed by atoms with E-state index in [0.29, 0.717) is 0 Å². The van der Waals surface area contributed by atoms with Gasteiger partial charge in [-0.2, -0.15) is 0 Å². The first-order valence-corrected chi connectivity index (χ1v) is 3.58. The number of hydrogen-bond acceptors (Lipinski definition) is 4. The van der Waals surface area contributed by atoms with Crippen molar-refractivity contribution in [3.05, 3.63) is 0 Å². The van der Waals surface area contributed by atoms with Gasteiger partial charge in [-0.25, -0.2) is 4.79 Å². The number of carbonyl (C=O) groups is 1. The van der Waals surface area contributed by atoms with Gasteiger partial charge in [-0.1, -0.05) is 0 Å². The second-order valence-electron chi connectivity index (χ2n) is 2.46. The van der Waals surface area contributed by atoms with Crippen LogP contribution in [0.3, 0.4) is 0 Å². The highest BCUT2D eigenvalue weighted by atomic mass is 16.5. The number of nitrogens with zero attached hydrogens (tertiary/aromatic N) is 1. The molecule has 0 aromatic heterocycles. The fourth-order valence-electron chi connectivity index (χ4n) is 0.792. The Balaban J connectivity index is 3.67. The molecule has 0 radical (unpaired) electrons. The van der Waals surface area contributed by atoms with Crippen LogP contribution in [-0.4, -0.2) is 56.6 Å². The molecule has 0 aliphatic heterocycles. The predicted molar refractivity (Wildman–Crippen MR) is 42.9 cm³/mol. The second-order valence-corrected chi connectivity index (χ2v) is 2.46. The summed E-state index contributed by atoms with van der Waals surface area (Å²) < 4.78 is 9.12. The number of rotatable bonds is 4. The Morgan fingerprint density at radius 3 is 2.58 bits per heavy atom. The summed E-state index contributed by atoms with van der Waals surface area (Å²) in [6.07, 6.45) is -1.13. The van der Waals surface area contributed by atoms with E-state index in [0.717, 1.165) is 0 Å². The van der Waals surface area contributed by atoms with Gasteiger partial charge in [0.1, 0.15) is 0 Å². The molecule has 1 unspecified atom stereocenters. The molecule has 0 saturated carbocycles. The first-order chi connectivity index (χ1) is 5.61. The van der Waals surface area contributed by atoms with Gasteiger partial charge in [0.15, 0.2) is 0 Å². The van der Waals surface area contributed by atoms with E-state index in [1.165, 1.54) is 19.1 Å². The van der Waals surface area contributed by atoms with Crippen molar-refractivity contribution in [2.75, 3.05) is 34.4 Å². The number of methoxy groups -OCH3 is 2. The highest BCUT2D eigenvalue weighted by Gasteiger charge is 2.12. The molecule has 0 fully saturated rings. The van der Waals surface area contributed by atoms with Crippen molar-refractivity contribution >= 4 is 6.09 Å². The van der Waals surface area contributed by atoms with Gasteiger partial charge in [0, 0.05) is 14.2 Å². The lowest BCUT2D eigenvalue weighted by atomic mass is 10.3. The van der Waals surface area contributed by atoms with Crippen LogP contribution < -0.4 is 0 Å². The third-order valence-corrected chi connectivity index (χ3v) is 1.33. The normalized spacial score (nSPS) is 12.3. The van der Waals surface area contributed by atoms with E-state index in [4.69, 9.17) is 0 Å². The van der Waals surface area contributed by atoms with Gasteiger partial charge in [0.25, 0.3) is 0 Å². The molecular formula is C7H15NO4. The summed E-state index contributed by atoms with van der Waals surface area (Å²) in [5, 5.41) is 9.19. The minimum Gasteiger partial charge on any atom is -0.453 e. The average molecular weight is 177 g/mol. The lowest BCUT2D eigenvalue weighted by Crippen LogP contribution is -2.36. The zero-order valence-electron chi connectivity index (χ0n) is 7.61. The fourth-order valence-corrected chi connectivity index (χ4v) is 0.792. The predicted octanol–water partition coefficient (Wildman–Crippen LogP) is -0.308. The second kappa shape index (κ2) is 5.79. The average Bonchev–Trinajstić information content (AvgIpc) is 2.03. The number of ether oxygens (including phenoxy) is 2. The van der Waals surface area contributed by atoms with Gasteiger partial charge in [0.05, 0.1) is 26.4 Å². The highest BCUT2D eigenvalue weighted by Crippen LogP contribution is 1.92. The maximum absolute atomic E-state index is 10.8. The summed E-state index contributed by atoms with van der Waals surface area (Å²) in [6.45, 7) is 0.418. The molecule has 0 saturated heterocycles. The third kappa shape index (κ3) is 4.15. The molecule has 0 rings (SSSR count). The van der Waals surface area contributed by atoms with Gasteiger partial charge >= 0.3 is 6.09 Å². The van der Waals surface area contributed by atoms with Crippen molar-refractivity contribution in [3.63, 3.8) is 0 Å². The van der Waals surface area contributed by atoms with Crippen LogP contribution in [0.1, 0.15) is 0 Å². The maximum Gasteiger partial charge on any atom is 0.409 e. The molecule has 1 N–H and O–H groups in total. The van der Waals surface area contributed by atoms with Crippen LogP contribution in [0.15, 0.2) is 0 Å². The molecule has 0 aliphatic carbocycles. The number of hydrogen-bond donors (Lipinski definition) is 1. The first kappa shape index (κ1) is 11.2. The lowest BCUT2D eigenvalue weighted by molar-refractivity contribution is 0.0407. The number of aliphatic hydroxyl groups excluding tert-OH is 1. The van der Waals surface area contributed by atoms with Gasteiger partial charge in [-0.05, 0) is 0 Å². The van der Waals surface area contributed by atoms with Crippen LogP contribution in [0.5, 0.6) is 0 Å². The van der Waals surface area contributed by atoms with E-state index in [2.05, 4.69) is 9.47 Å². The fraction of sp³-hybridized carbons (Fsp3) is 0.857. The van der Waals surface area contributed by atoms with Crippen molar-refractivity contribution in [1.29, 1.82) is 0 Å². The molecule has 5 nitrogen and oxygen atoms in total. The zero-order valence-corrected chi connectivity index (χ0v) is 7.61. The molecule has 5 heteroatoms. The number of likely N-dealkylation sites (N-methyl/N-ethyl adjacent to an activating group) is 1. The lowest BCUT2D eigenvalue weighted by Gasteiger charge is -2.18. The molecular weight excluding hydrogens is 162 g/mol. The number of aliphatic hydroxyl groups is 1. The Bertz CT molecular complexity index is 139. The van der Waals surface area contributed by atoms with Crippen LogP contribution in [-0.2, 0) is 9.47 Å². The molecule has 1 atom stereocenters. The minimum absolute atomic E-state index is 0.209. The standard InChI is InChI=1S/C7H15NO4/c1-8(7(10)12-3)4-6(9)5-11-2/h6,9H,4-5H2,1-3H3. The number of carbonyl (C=O) groups excluding carboxylic acids is 1. The van der Waals surface area contributed by atoms with Crippen molar-refractivity contribution < 1.29 is 19.4 Å². The molecule has 72 valence electrons. The molecule has 1 amide bonds. The Morgan fingerprint density at radius 2 is 2.17 bits per heavy atom. The highest BCUT2D eigenvalue weighted by molar-refractivity contribution is 5.66. The molecule has 0 aromatic rings. The molecule has 0 aromatic carbocycles. The Morgan fingerprint density at radius 1 is 1.58 bits per heavy atom. The third-order valence-electron chi connectivity index (χ3n) is 1.33. The number of amides is 1. The van der Waals surface area contributed by atoms with Crippen molar-refractivity contribution in [2.45, 2.75) is 6.10 Å². The minimum atomic E-state index is -0.668. The Labute approximate surface area is 71.9 Å². The topological polar surface area (TPSA) is 59.0 Å². The van der Waals surface area contributed by atoms with E-state index < -0.39 is 12.2 Å². The molecule has 0 bridgehead atoms. The largest absolute Gasteiger partial charge is 0.453 e. The van der Waals surface area contributed by atoms with E-state index in [-0.39, 0.29) is 13.2 Å². The van der Waals surface area contributed by atoms with Crippen LogP contribution in [0.25, 0.3) is 0 Å². The summed E-state index contributed by atoms with van der Waals surface area (Å²) in [5.74, 6) is 0. The molecule has 0 aliphatic rings. The van der Waals surface area contributed by atoms with E-state index in [1.807, 2.05) is 0 Å². The Kier molecular flexibility index (Phi) is 5.40. The van der Waals surface area contributed by atoms with Crippen LogP contribution in [0, 0.1) is 0 Å². The van der Waals surface area contributed by atoms with Gasteiger partial charge in [-0.15, -0.1) is 0 Å². The van der Waals surface area contributed by atoms with Crippen molar-refractivity contribution in [1.82, 2.24) is 4.90 Å². The van der Waals surface area contributed by atoms with Crippen LogP contribution in [0.2, 0.25) is 0 Å². The summed E-state index contributed by atoms with van der Waals surface area (Å²) in [4.78, 5) is 12.1. The summed E-state index contributed by atoms with van der Waals surface area (Å²) in [5.41, 5.74) is 0. The zero-order chi connectivity index (χ0) is 9.56. The SMILES string of the molecule is COCC(O)CN(C)C(=O)OC. The summed E-state index contributed by atoms with van der Waals surface area (Å²) in [6, 6.07) is 0. The molecule has 0 heterocycles. The van der Waals surface area contributed by atoms with E-state index >= 15 is 0 Å². The monoisotopic (exact) mass is 177 g/mol. The summed E-state index contributed by atoms with van der Waals surface area (Å²) >= 11 is 0. The summed E-state index contributed by atoms with van der Waals surface area (Å²) in [7, 11) is 4.33. The smallest absolute Gasteiger partial charge is 0.409 e. The van der Waals surface area contributed by atoms with Gasteiger partial charge in [-0.3, -0.25) is 0 Å². The first-order valence-electron chi connectivity index (χ1n) is 3.58. The molecule has 0 spiro atoms. The Hall–Kier alpha value is -0.810. The quantitative estimate of drug-likeness (QED) is 0.640. The van der Waals surface area contributed by atoms with Gasteiger partial charge in [0.2, 0.25) is 0 Å². The molecule has 12 heavy (non-hydrogen) atoms. The van der Waals surface area contributed by atoms with Crippen LogP contribution >= 0.6 is 0 Å². The van der Waals surface area contributed by atoms with Crippen molar-refractivity contribution in [3.8, 4) is 0 Å². The van der Waals surface area contributed by atoms with Crippen LogP contribution in [0.4, 0.5) is 4.79 Å². The van der Waals surface area contributed by atoms with E-state index in [9.17, 15) is 9.90 Å². The van der Waals surface area contributed by atoms with E-state index in [1.54, 1.807) is 7.05 Å². The van der Waals surface area contributed by atoms with Gasteiger partial charge < -0.3 is 19.5 Å².